The highest BCUT2D eigenvalue weighted by Gasteiger charge is 2.08. The van der Waals surface area contributed by atoms with Crippen molar-refractivity contribution in [1.82, 2.24) is 4.98 Å². The molecule has 0 saturated heterocycles. The first-order valence-electron chi connectivity index (χ1n) is 6.87. The highest BCUT2D eigenvalue weighted by molar-refractivity contribution is 7.08. The molecule has 0 aliphatic heterocycles. The van der Waals surface area contributed by atoms with E-state index in [1.165, 1.54) is 11.3 Å². The lowest BCUT2D eigenvalue weighted by molar-refractivity contribution is 0.102. The summed E-state index contributed by atoms with van der Waals surface area (Å²) >= 11 is 1.47. The van der Waals surface area contributed by atoms with Gasteiger partial charge in [0.05, 0.1) is 17.4 Å². The Morgan fingerprint density at radius 2 is 1.61 bits per heavy atom. The summed E-state index contributed by atoms with van der Waals surface area (Å²) in [5.41, 5.74) is 2.39. The van der Waals surface area contributed by atoms with Crippen molar-refractivity contribution >= 4 is 34.5 Å². The molecule has 2 N–H and O–H groups in total. The average molecular weight is 323 g/mol. The van der Waals surface area contributed by atoms with Crippen LogP contribution in [0.1, 0.15) is 20.7 Å². The Hall–Kier alpha value is -2.99. The molecule has 0 spiro atoms. The Bertz CT molecular complexity index is 800. The minimum Gasteiger partial charge on any atom is -0.322 e. The second kappa shape index (κ2) is 6.85. The number of anilines is 2. The van der Waals surface area contributed by atoms with E-state index in [4.69, 9.17) is 0 Å². The Kier molecular flexibility index (Phi) is 4.44. The number of amides is 2. The minimum absolute atomic E-state index is 0.168. The van der Waals surface area contributed by atoms with Gasteiger partial charge in [0.15, 0.2) is 0 Å². The Labute approximate surface area is 137 Å². The van der Waals surface area contributed by atoms with E-state index in [2.05, 4.69) is 15.6 Å². The molecule has 6 heteroatoms. The van der Waals surface area contributed by atoms with Crippen LogP contribution in [0.2, 0.25) is 0 Å². The van der Waals surface area contributed by atoms with Crippen LogP contribution in [-0.4, -0.2) is 16.8 Å². The second-order valence-corrected chi connectivity index (χ2v) is 5.52. The van der Waals surface area contributed by atoms with Crippen LogP contribution in [-0.2, 0) is 0 Å². The first-order valence-corrected chi connectivity index (χ1v) is 7.81. The molecule has 0 radical (unpaired) electrons. The van der Waals surface area contributed by atoms with E-state index in [1.807, 2.05) is 5.38 Å². The van der Waals surface area contributed by atoms with Gasteiger partial charge in [-0.25, -0.2) is 0 Å². The Morgan fingerprint density at radius 3 is 2.26 bits per heavy atom. The zero-order valence-corrected chi connectivity index (χ0v) is 12.8. The number of carbonyl (C=O) groups is 2. The summed E-state index contributed by atoms with van der Waals surface area (Å²) in [6.07, 6.45) is 3.22. The van der Waals surface area contributed by atoms with Gasteiger partial charge >= 0.3 is 0 Å². The molecule has 0 fully saturated rings. The topological polar surface area (TPSA) is 71.1 Å². The number of hydrogen-bond acceptors (Lipinski definition) is 4. The van der Waals surface area contributed by atoms with Crippen LogP contribution < -0.4 is 10.6 Å². The van der Waals surface area contributed by atoms with E-state index >= 15 is 0 Å². The quantitative estimate of drug-likeness (QED) is 0.770. The van der Waals surface area contributed by atoms with Gasteiger partial charge in [0, 0.05) is 22.8 Å². The fraction of sp³-hybridized carbons (Fsp3) is 0. The fourth-order valence-corrected chi connectivity index (χ4v) is 2.58. The van der Waals surface area contributed by atoms with E-state index in [0.29, 0.717) is 22.5 Å². The number of nitrogens with zero attached hydrogens (tertiary/aromatic N) is 1. The molecule has 0 aliphatic rings. The molecule has 114 valence electrons. The molecule has 2 aromatic heterocycles. The van der Waals surface area contributed by atoms with Gasteiger partial charge in [-0.05, 0) is 47.8 Å². The highest BCUT2D eigenvalue weighted by Crippen LogP contribution is 2.14. The predicted octanol–water partition coefficient (Wildman–Crippen LogP) is 3.65. The Balaban J connectivity index is 1.65. The third-order valence-electron chi connectivity index (χ3n) is 3.11. The molecule has 0 saturated carbocycles. The highest BCUT2D eigenvalue weighted by atomic mass is 32.1. The second-order valence-electron chi connectivity index (χ2n) is 4.74. The van der Waals surface area contributed by atoms with Crippen molar-refractivity contribution in [2.24, 2.45) is 0 Å². The summed E-state index contributed by atoms with van der Waals surface area (Å²) in [6.45, 7) is 0. The average Bonchev–Trinajstić information content (AvgIpc) is 3.11. The van der Waals surface area contributed by atoms with Gasteiger partial charge in [-0.2, -0.15) is 11.3 Å². The zero-order valence-electron chi connectivity index (χ0n) is 12.0. The van der Waals surface area contributed by atoms with Crippen molar-refractivity contribution in [3.05, 3.63) is 76.7 Å². The van der Waals surface area contributed by atoms with Crippen LogP contribution in [0.4, 0.5) is 11.4 Å². The van der Waals surface area contributed by atoms with Crippen molar-refractivity contribution in [3.8, 4) is 0 Å². The molecule has 3 rings (SSSR count). The van der Waals surface area contributed by atoms with Gasteiger partial charge in [-0.15, -0.1) is 0 Å². The van der Waals surface area contributed by atoms with E-state index in [-0.39, 0.29) is 11.8 Å². The van der Waals surface area contributed by atoms with E-state index in [1.54, 1.807) is 60.2 Å². The summed E-state index contributed by atoms with van der Waals surface area (Å²) in [6, 6.07) is 12.0. The normalized spacial score (nSPS) is 10.1. The Morgan fingerprint density at radius 1 is 0.870 bits per heavy atom. The third-order valence-corrected chi connectivity index (χ3v) is 3.79. The lowest BCUT2D eigenvalue weighted by Gasteiger charge is -2.07. The van der Waals surface area contributed by atoms with Crippen LogP contribution in [0, 0.1) is 0 Å². The van der Waals surface area contributed by atoms with Gasteiger partial charge in [0.2, 0.25) is 0 Å². The molecule has 2 amide bonds. The number of nitrogens with one attached hydrogen (secondary N) is 2. The lowest BCUT2D eigenvalue weighted by Crippen LogP contribution is -2.13. The first-order chi connectivity index (χ1) is 11.2. The van der Waals surface area contributed by atoms with Crippen LogP contribution >= 0.6 is 11.3 Å². The summed E-state index contributed by atoms with van der Waals surface area (Å²) in [5.74, 6) is -0.396. The molecule has 5 nitrogen and oxygen atoms in total. The molecule has 3 aromatic rings. The minimum atomic E-state index is -0.228. The van der Waals surface area contributed by atoms with Gasteiger partial charge in [-0.3, -0.25) is 14.6 Å². The third kappa shape index (κ3) is 3.81. The molecular weight excluding hydrogens is 310 g/mol. The van der Waals surface area contributed by atoms with Crippen LogP contribution in [0.3, 0.4) is 0 Å². The molecule has 23 heavy (non-hydrogen) atoms. The number of aromatic nitrogens is 1. The zero-order chi connectivity index (χ0) is 16.1. The monoisotopic (exact) mass is 323 g/mol. The number of hydrogen-bond donors (Lipinski definition) is 2. The number of thiophene rings is 1. The van der Waals surface area contributed by atoms with Crippen molar-refractivity contribution in [1.29, 1.82) is 0 Å². The van der Waals surface area contributed by atoms with Crippen LogP contribution in [0.15, 0.2) is 65.6 Å². The molecule has 0 atom stereocenters. The van der Waals surface area contributed by atoms with Gasteiger partial charge < -0.3 is 10.6 Å². The number of pyridine rings is 1. The summed E-state index contributed by atoms with van der Waals surface area (Å²) in [7, 11) is 0. The SMILES string of the molecule is O=C(Nc1cccnc1)c1ccc(NC(=O)c2ccsc2)cc1. The summed E-state index contributed by atoms with van der Waals surface area (Å²) in [4.78, 5) is 28.0. The largest absolute Gasteiger partial charge is 0.322 e. The summed E-state index contributed by atoms with van der Waals surface area (Å²) in [5, 5.41) is 9.17. The maximum atomic E-state index is 12.1. The number of benzene rings is 1. The number of rotatable bonds is 4. The lowest BCUT2D eigenvalue weighted by atomic mass is 10.2. The van der Waals surface area contributed by atoms with Gasteiger partial charge in [0.25, 0.3) is 11.8 Å². The van der Waals surface area contributed by atoms with Crippen LogP contribution in [0.5, 0.6) is 0 Å². The number of carbonyl (C=O) groups excluding carboxylic acids is 2. The maximum Gasteiger partial charge on any atom is 0.256 e. The molecule has 0 bridgehead atoms. The van der Waals surface area contributed by atoms with Crippen molar-refractivity contribution in [2.75, 3.05) is 10.6 Å². The van der Waals surface area contributed by atoms with Gasteiger partial charge in [0.1, 0.15) is 0 Å². The van der Waals surface area contributed by atoms with Crippen molar-refractivity contribution < 1.29 is 9.59 Å². The first kappa shape index (κ1) is 14.9. The van der Waals surface area contributed by atoms with E-state index in [9.17, 15) is 9.59 Å². The molecule has 1 aromatic carbocycles. The molecule has 2 heterocycles. The smallest absolute Gasteiger partial charge is 0.256 e. The van der Waals surface area contributed by atoms with E-state index < -0.39 is 0 Å². The van der Waals surface area contributed by atoms with Crippen LogP contribution in [0.25, 0.3) is 0 Å². The maximum absolute atomic E-state index is 12.1. The summed E-state index contributed by atoms with van der Waals surface area (Å²) < 4.78 is 0. The van der Waals surface area contributed by atoms with Crippen molar-refractivity contribution in [2.45, 2.75) is 0 Å². The molecular formula is C17H13N3O2S. The van der Waals surface area contributed by atoms with Crippen molar-refractivity contribution in [3.63, 3.8) is 0 Å². The van der Waals surface area contributed by atoms with Gasteiger partial charge in [-0.1, -0.05) is 0 Å². The standard InChI is InChI=1S/C17H13N3O2S/c21-16(20-15-2-1-8-18-10-15)12-3-5-14(6-4-12)19-17(22)13-7-9-23-11-13/h1-11H,(H,19,22)(H,20,21). The fourth-order valence-electron chi connectivity index (χ4n) is 1.94. The molecule has 0 aliphatic carbocycles. The molecule has 0 unspecified atom stereocenters. The van der Waals surface area contributed by atoms with E-state index in [0.717, 1.165) is 0 Å². The predicted molar refractivity (Wildman–Crippen MR) is 90.9 cm³/mol.